The summed E-state index contributed by atoms with van der Waals surface area (Å²) in [5.74, 6) is 0.139. The first-order valence-corrected chi connectivity index (χ1v) is 12.8. The van der Waals surface area contributed by atoms with Crippen molar-refractivity contribution in [2.75, 3.05) is 0 Å². The topological polar surface area (TPSA) is 25.2 Å². The van der Waals surface area contributed by atoms with E-state index in [1.807, 2.05) is 30.3 Å². The summed E-state index contributed by atoms with van der Waals surface area (Å²) in [7, 11) is 0. The first-order chi connectivity index (χ1) is 17.2. The Balaban J connectivity index is 1.39. The van der Waals surface area contributed by atoms with Crippen LogP contribution in [0.15, 0.2) is 97.2 Å². The fourth-order valence-corrected chi connectivity index (χ4v) is 5.25. The zero-order valence-corrected chi connectivity index (χ0v) is 20.6. The van der Waals surface area contributed by atoms with E-state index in [1.54, 1.807) is 0 Å². The molecule has 1 saturated carbocycles. The zero-order valence-electron chi connectivity index (χ0n) is 20.6. The number of nitrogens with zero attached hydrogens (tertiary/aromatic N) is 2. The normalized spacial score (nSPS) is 14.1. The van der Waals surface area contributed by atoms with E-state index in [1.165, 1.54) is 41.6 Å². The predicted molar refractivity (Wildman–Crippen MR) is 143 cm³/mol. The first kappa shape index (κ1) is 23.2. The van der Waals surface area contributed by atoms with Gasteiger partial charge in [0.2, 0.25) is 0 Å². The van der Waals surface area contributed by atoms with Crippen LogP contribution in [0.3, 0.4) is 0 Å². The predicted octanol–water partition coefficient (Wildman–Crippen LogP) is 7.49. The second-order valence-electron chi connectivity index (χ2n) is 9.72. The van der Waals surface area contributed by atoms with Crippen LogP contribution >= 0.6 is 0 Å². The Bertz CT molecular complexity index is 1250. The van der Waals surface area contributed by atoms with Gasteiger partial charge in [0.15, 0.2) is 0 Å². The van der Waals surface area contributed by atoms with E-state index in [0.717, 1.165) is 30.5 Å². The van der Waals surface area contributed by atoms with Gasteiger partial charge in [0.25, 0.3) is 5.91 Å². The van der Waals surface area contributed by atoms with E-state index < -0.39 is 0 Å². The van der Waals surface area contributed by atoms with Gasteiger partial charge in [-0.05, 0) is 66.3 Å². The molecule has 0 aliphatic heterocycles. The van der Waals surface area contributed by atoms with E-state index in [0.29, 0.717) is 12.6 Å². The molecule has 1 heterocycles. The van der Waals surface area contributed by atoms with Crippen molar-refractivity contribution in [3.63, 3.8) is 0 Å². The summed E-state index contributed by atoms with van der Waals surface area (Å²) in [6.45, 7) is 3.63. The number of benzene rings is 3. The minimum Gasteiger partial charge on any atom is -0.345 e. The number of rotatable bonds is 7. The first-order valence-electron chi connectivity index (χ1n) is 12.8. The summed E-state index contributed by atoms with van der Waals surface area (Å²) in [5, 5.41) is 0. The Kier molecular flexibility index (Phi) is 7.13. The number of aryl methyl sites for hydroxylation is 1. The fraction of sp³-hybridized carbons (Fsp3) is 0.281. The minimum atomic E-state index is 0.139. The highest BCUT2D eigenvalue weighted by Crippen LogP contribution is 2.27. The van der Waals surface area contributed by atoms with Gasteiger partial charge in [0, 0.05) is 30.0 Å². The molecular formula is C32H34N2O. The molecule has 1 amide bonds. The Hall–Kier alpha value is -3.59. The van der Waals surface area contributed by atoms with Gasteiger partial charge in [0.1, 0.15) is 0 Å². The second kappa shape index (κ2) is 10.8. The third-order valence-corrected chi connectivity index (χ3v) is 7.37. The highest BCUT2D eigenvalue weighted by Gasteiger charge is 2.27. The van der Waals surface area contributed by atoms with Crippen LogP contribution in [0.1, 0.15) is 59.3 Å². The molecule has 4 aromatic rings. The van der Waals surface area contributed by atoms with Gasteiger partial charge in [-0.2, -0.15) is 0 Å². The Morgan fingerprint density at radius 3 is 2.23 bits per heavy atom. The molecule has 0 radical (unpaired) electrons. The maximum atomic E-state index is 13.9. The highest BCUT2D eigenvalue weighted by atomic mass is 16.2. The number of carbonyl (C=O) groups excluding carboxylic acids is 1. The molecule has 0 unspecified atom stereocenters. The molecule has 1 fully saturated rings. The number of aromatic nitrogens is 1. The average molecular weight is 463 g/mol. The van der Waals surface area contributed by atoms with Gasteiger partial charge < -0.3 is 9.47 Å². The lowest BCUT2D eigenvalue weighted by Gasteiger charge is -2.35. The monoisotopic (exact) mass is 462 g/mol. The molecule has 0 N–H and O–H groups in total. The Labute approximate surface area is 209 Å². The van der Waals surface area contributed by atoms with Crippen LogP contribution in [0.5, 0.6) is 0 Å². The average Bonchev–Trinajstić information content (AvgIpc) is 3.36. The standard InChI is InChI=1S/C32H34N2O/c1-25-11-8-9-14-29(25)23-33-22-10-17-31(33)24-34(30-15-6-3-7-16-30)32(35)28-20-18-27(19-21-28)26-12-4-2-5-13-26/h2,4-5,8-14,17-22,30H,3,6-7,15-16,23-24H2,1H3. The Morgan fingerprint density at radius 2 is 1.49 bits per heavy atom. The lowest BCUT2D eigenvalue weighted by molar-refractivity contribution is 0.0608. The number of amides is 1. The number of hydrogen-bond donors (Lipinski definition) is 0. The van der Waals surface area contributed by atoms with Gasteiger partial charge in [0.05, 0.1) is 6.54 Å². The number of carbonyl (C=O) groups is 1. The van der Waals surface area contributed by atoms with E-state index in [4.69, 9.17) is 0 Å². The molecule has 3 aromatic carbocycles. The quantitative estimate of drug-likeness (QED) is 0.279. The third-order valence-electron chi connectivity index (χ3n) is 7.37. The lowest BCUT2D eigenvalue weighted by Crippen LogP contribution is -2.41. The van der Waals surface area contributed by atoms with Gasteiger partial charge in [-0.1, -0.05) is 86.0 Å². The number of hydrogen-bond acceptors (Lipinski definition) is 1. The fourth-order valence-electron chi connectivity index (χ4n) is 5.25. The molecule has 1 aliphatic rings. The molecule has 0 saturated heterocycles. The molecule has 3 heteroatoms. The van der Waals surface area contributed by atoms with Crippen LogP contribution in [0, 0.1) is 6.92 Å². The van der Waals surface area contributed by atoms with Crippen molar-refractivity contribution in [1.82, 2.24) is 9.47 Å². The van der Waals surface area contributed by atoms with E-state index >= 15 is 0 Å². The van der Waals surface area contributed by atoms with Crippen molar-refractivity contribution in [2.24, 2.45) is 0 Å². The molecule has 1 aliphatic carbocycles. The summed E-state index contributed by atoms with van der Waals surface area (Å²) in [6.07, 6.45) is 7.99. The summed E-state index contributed by atoms with van der Waals surface area (Å²) in [5.41, 5.74) is 6.88. The smallest absolute Gasteiger partial charge is 0.254 e. The molecule has 5 rings (SSSR count). The van der Waals surface area contributed by atoms with Gasteiger partial charge in [-0.15, -0.1) is 0 Å². The Morgan fingerprint density at radius 1 is 0.800 bits per heavy atom. The molecule has 35 heavy (non-hydrogen) atoms. The molecule has 0 spiro atoms. The van der Waals surface area contributed by atoms with Gasteiger partial charge in [-0.25, -0.2) is 0 Å². The van der Waals surface area contributed by atoms with Gasteiger partial charge >= 0.3 is 0 Å². The van der Waals surface area contributed by atoms with Crippen LogP contribution in [0.25, 0.3) is 11.1 Å². The van der Waals surface area contributed by atoms with E-state index in [-0.39, 0.29) is 5.91 Å². The molecule has 178 valence electrons. The summed E-state index contributed by atoms with van der Waals surface area (Å²) < 4.78 is 2.30. The lowest BCUT2D eigenvalue weighted by atomic mass is 9.93. The zero-order chi connectivity index (χ0) is 24.0. The van der Waals surface area contributed by atoms with Crippen LogP contribution in [0.2, 0.25) is 0 Å². The SMILES string of the molecule is Cc1ccccc1Cn1cccc1CN(C(=O)c1ccc(-c2ccccc2)cc1)C1CCCCC1. The largest absolute Gasteiger partial charge is 0.345 e. The van der Waals surface area contributed by atoms with Crippen molar-refractivity contribution in [3.05, 3.63) is 120 Å². The molecule has 3 nitrogen and oxygen atoms in total. The van der Waals surface area contributed by atoms with Crippen molar-refractivity contribution < 1.29 is 4.79 Å². The molecular weight excluding hydrogens is 428 g/mol. The van der Waals surface area contributed by atoms with Crippen molar-refractivity contribution in [3.8, 4) is 11.1 Å². The second-order valence-corrected chi connectivity index (χ2v) is 9.72. The van der Waals surface area contributed by atoms with Crippen molar-refractivity contribution in [2.45, 2.75) is 58.2 Å². The highest BCUT2D eigenvalue weighted by molar-refractivity contribution is 5.95. The molecule has 1 aromatic heterocycles. The maximum Gasteiger partial charge on any atom is 0.254 e. The summed E-state index contributed by atoms with van der Waals surface area (Å²) >= 11 is 0. The van der Waals surface area contributed by atoms with Crippen LogP contribution < -0.4 is 0 Å². The molecule has 0 bridgehead atoms. The maximum absolute atomic E-state index is 13.9. The van der Waals surface area contributed by atoms with Crippen LogP contribution in [-0.2, 0) is 13.1 Å². The minimum absolute atomic E-state index is 0.139. The van der Waals surface area contributed by atoms with E-state index in [2.05, 4.69) is 83.3 Å². The van der Waals surface area contributed by atoms with Crippen molar-refractivity contribution >= 4 is 5.91 Å². The van der Waals surface area contributed by atoms with Gasteiger partial charge in [-0.3, -0.25) is 4.79 Å². The molecule has 0 atom stereocenters. The van der Waals surface area contributed by atoms with Crippen LogP contribution in [-0.4, -0.2) is 21.4 Å². The summed E-state index contributed by atoms with van der Waals surface area (Å²) in [4.78, 5) is 16.0. The van der Waals surface area contributed by atoms with Crippen molar-refractivity contribution in [1.29, 1.82) is 0 Å². The summed E-state index contributed by atoms with van der Waals surface area (Å²) in [6, 6.07) is 31.6. The van der Waals surface area contributed by atoms with E-state index in [9.17, 15) is 4.79 Å². The van der Waals surface area contributed by atoms with Crippen LogP contribution in [0.4, 0.5) is 0 Å². The third kappa shape index (κ3) is 5.40.